The highest BCUT2D eigenvalue weighted by molar-refractivity contribution is 5.69. The van der Waals surface area contributed by atoms with Gasteiger partial charge in [0, 0.05) is 19.0 Å². The van der Waals surface area contributed by atoms with Crippen molar-refractivity contribution in [2.24, 2.45) is 11.8 Å². The van der Waals surface area contributed by atoms with Crippen LogP contribution in [-0.2, 0) is 15.7 Å². The summed E-state index contributed by atoms with van der Waals surface area (Å²) in [6.07, 6.45) is -0.693. The predicted octanol–water partition coefficient (Wildman–Crippen LogP) is 6.41. The molecular weight excluding hydrogens is 415 g/mol. The first kappa shape index (κ1) is 26.0. The van der Waals surface area contributed by atoms with E-state index in [-0.39, 0.29) is 24.0 Å². The van der Waals surface area contributed by atoms with E-state index < -0.39 is 11.7 Å². The third-order valence-electron chi connectivity index (χ3n) is 5.93. The van der Waals surface area contributed by atoms with Gasteiger partial charge in [0.2, 0.25) is 0 Å². The highest BCUT2D eigenvalue weighted by atomic mass is 19.4. The van der Waals surface area contributed by atoms with Crippen molar-refractivity contribution >= 4 is 5.97 Å². The molecule has 1 aromatic rings. The standard InChI is InChI=1S/C26H34F3NO2/c1-18(2)6-12-23(13-7-19(3)4)30-15-14-20(17-25(31)32-5)16-24(30)21-8-10-22(11-9-21)26(27,28)29/h8-11,19-20,23-24H,1,7,13-17H2,2-5H3/t20-,23?,24+/m1/s1. The van der Waals surface area contributed by atoms with Gasteiger partial charge in [0.1, 0.15) is 0 Å². The molecule has 0 spiro atoms. The molecule has 3 atom stereocenters. The van der Waals surface area contributed by atoms with Gasteiger partial charge < -0.3 is 4.74 Å². The fourth-order valence-corrected chi connectivity index (χ4v) is 4.17. The van der Waals surface area contributed by atoms with Gasteiger partial charge in [0.05, 0.1) is 18.7 Å². The molecule has 1 unspecified atom stereocenters. The Morgan fingerprint density at radius 1 is 1.25 bits per heavy atom. The number of halogens is 3. The number of methoxy groups -OCH3 is 1. The Morgan fingerprint density at radius 3 is 2.44 bits per heavy atom. The number of likely N-dealkylation sites (tertiary alicyclic amines) is 1. The van der Waals surface area contributed by atoms with Crippen LogP contribution in [0.15, 0.2) is 36.4 Å². The van der Waals surface area contributed by atoms with Gasteiger partial charge in [-0.25, -0.2) is 0 Å². The number of carbonyl (C=O) groups excluding carboxylic acids is 1. The lowest BCUT2D eigenvalue weighted by molar-refractivity contribution is -0.142. The largest absolute Gasteiger partial charge is 0.469 e. The second-order valence-corrected chi connectivity index (χ2v) is 9.08. The van der Waals surface area contributed by atoms with E-state index in [9.17, 15) is 18.0 Å². The SMILES string of the molecule is C=C(C)C#CC(CCC(C)C)N1CC[C@@H](CC(=O)OC)C[C@H]1c1ccc(C(F)(F)F)cc1. The lowest BCUT2D eigenvalue weighted by Gasteiger charge is -2.43. The molecule has 2 rings (SSSR count). The van der Waals surface area contributed by atoms with Crippen LogP contribution in [0.3, 0.4) is 0 Å². The van der Waals surface area contributed by atoms with Crippen molar-refractivity contribution < 1.29 is 22.7 Å². The zero-order valence-corrected chi connectivity index (χ0v) is 19.5. The number of nitrogens with zero attached hydrogens (tertiary/aromatic N) is 1. The van der Waals surface area contributed by atoms with Crippen LogP contribution in [0.2, 0.25) is 0 Å². The van der Waals surface area contributed by atoms with Crippen LogP contribution in [0.1, 0.15) is 70.0 Å². The summed E-state index contributed by atoms with van der Waals surface area (Å²) in [6, 6.07) is 5.26. The monoisotopic (exact) mass is 449 g/mol. The number of hydrogen-bond donors (Lipinski definition) is 0. The number of rotatable bonds is 7. The van der Waals surface area contributed by atoms with Gasteiger partial charge in [-0.05, 0) is 67.7 Å². The topological polar surface area (TPSA) is 29.5 Å². The highest BCUT2D eigenvalue weighted by Crippen LogP contribution is 2.39. The van der Waals surface area contributed by atoms with Gasteiger partial charge in [0.15, 0.2) is 0 Å². The molecule has 0 saturated carbocycles. The molecule has 1 saturated heterocycles. The van der Waals surface area contributed by atoms with Gasteiger partial charge in [-0.1, -0.05) is 44.4 Å². The average Bonchev–Trinajstić information content (AvgIpc) is 2.73. The number of benzene rings is 1. The zero-order valence-electron chi connectivity index (χ0n) is 19.5. The van der Waals surface area contributed by atoms with Gasteiger partial charge >= 0.3 is 12.1 Å². The minimum Gasteiger partial charge on any atom is -0.469 e. The van der Waals surface area contributed by atoms with Crippen molar-refractivity contribution in [1.82, 2.24) is 4.90 Å². The molecule has 1 fully saturated rings. The number of ether oxygens (including phenoxy) is 1. The first-order chi connectivity index (χ1) is 15.0. The Balaban J connectivity index is 2.37. The molecule has 0 N–H and O–H groups in total. The van der Waals surface area contributed by atoms with E-state index in [0.29, 0.717) is 18.8 Å². The molecule has 0 aliphatic carbocycles. The van der Waals surface area contributed by atoms with Crippen molar-refractivity contribution in [2.75, 3.05) is 13.7 Å². The molecule has 1 heterocycles. The van der Waals surface area contributed by atoms with Crippen LogP contribution >= 0.6 is 0 Å². The summed E-state index contributed by atoms with van der Waals surface area (Å²) in [7, 11) is 1.37. The summed E-state index contributed by atoms with van der Waals surface area (Å²) in [4.78, 5) is 14.2. The van der Waals surface area contributed by atoms with Gasteiger partial charge in [-0.2, -0.15) is 13.2 Å². The molecule has 0 radical (unpaired) electrons. The lowest BCUT2D eigenvalue weighted by Crippen LogP contribution is -2.43. The van der Waals surface area contributed by atoms with E-state index in [1.165, 1.54) is 7.11 Å². The maximum Gasteiger partial charge on any atom is 0.416 e. The molecule has 176 valence electrons. The Hall–Kier alpha value is -2.26. The molecule has 1 aliphatic heterocycles. The summed E-state index contributed by atoms with van der Waals surface area (Å²) in [6.45, 7) is 10.8. The third-order valence-corrected chi connectivity index (χ3v) is 5.93. The number of esters is 1. The molecule has 0 aromatic heterocycles. The van der Waals surface area contributed by atoms with E-state index >= 15 is 0 Å². The number of carbonyl (C=O) groups is 1. The highest BCUT2D eigenvalue weighted by Gasteiger charge is 2.35. The first-order valence-electron chi connectivity index (χ1n) is 11.2. The second-order valence-electron chi connectivity index (χ2n) is 9.08. The Labute approximate surface area is 190 Å². The summed E-state index contributed by atoms with van der Waals surface area (Å²) in [5.74, 6) is 6.84. The van der Waals surface area contributed by atoms with Gasteiger partial charge in [0.25, 0.3) is 0 Å². The molecule has 1 aliphatic rings. The Bertz CT molecular complexity index is 833. The van der Waals surface area contributed by atoms with Crippen LogP contribution in [0.4, 0.5) is 13.2 Å². The van der Waals surface area contributed by atoms with Gasteiger partial charge in [-0.15, -0.1) is 0 Å². The summed E-state index contributed by atoms with van der Waals surface area (Å²) >= 11 is 0. The van der Waals surface area contributed by atoms with Crippen molar-refractivity contribution in [2.45, 2.75) is 71.1 Å². The van der Waals surface area contributed by atoms with Crippen LogP contribution in [-0.4, -0.2) is 30.6 Å². The Kier molecular flexibility index (Phi) is 9.39. The van der Waals surface area contributed by atoms with E-state index in [1.807, 2.05) is 6.92 Å². The number of alkyl halides is 3. The minimum atomic E-state index is -4.37. The molecule has 3 nitrogen and oxygen atoms in total. The van der Waals surface area contributed by atoms with Crippen LogP contribution in [0, 0.1) is 23.7 Å². The predicted molar refractivity (Wildman–Crippen MR) is 121 cm³/mol. The van der Waals surface area contributed by atoms with Gasteiger partial charge in [-0.3, -0.25) is 9.69 Å². The maximum atomic E-state index is 13.1. The minimum absolute atomic E-state index is 0.0273. The maximum absolute atomic E-state index is 13.1. The molecule has 32 heavy (non-hydrogen) atoms. The van der Waals surface area contributed by atoms with E-state index in [4.69, 9.17) is 4.74 Å². The van der Waals surface area contributed by atoms with Crippen molar-refractivity contribution in [1.29, 1.82) is 0 Å². The van der Waals surface area contributed by atoms with Crippen LogP contribution < -0.4 is 0 Å². The average molecular weight is 450 g/mol. The smallest absolute Gasteiger partial charge is 0.416 e. The van der Waals surface area contributed by atoms with Crippen molar-refractivity contribution in [3.05, 3.63) is 47.5 Å². The van der Waals surface area contributed by atoms with E-state index in [2.05, 4.69) is 37.2 Å². The number of allylic oxidation sites excluding steroid dienone is 1. The molecular formula is C26H34F3NO2. The Morgan fingerprint density at radius 2 is 1.91 bits per heavy atom. The zero-order chi connectivity index (χ0) is 23.9. The number of piperidine rings is 1. The van der Waals surface area contributed by atoms with E-state index in [0.717, 1.165) is 49.1 Å². The molecule has 0 bridgehead atoms. The lowest BCUT2D eigenvalue weighted by atomic mass is 9.83. The fraction of sp³-hybridized carbons (Fsp3) is 0.577. The fourth-order valence-electron chi connectivity index (χ4n) is 4.17. The molecule has 6 heteroatoms. The number of hydrogen-bond acceptors (Lipinski definition) is 3. The molecule has 1 aromatic carbocycles. The van der Waals surface area contributed by atoms with Crippen LogP contribution in [0.5, 0.6) is 0 Å². The normalized spacial score (nSPS) is 20.4. The summed E-state index contributed by atoms with van der Waals surface area (Å²) < 4.78 is 44.1. The van der Waals surface area contributed by atoms with Crippen LogP contribution in [0.25, 0.3) is 0 Å². The summed E-state index contributed by atoms with van der Waals surface area (Å²) in [5, 5.41) is 0. The quantitative estimate of drug-likeness (QED) is 0.356. The molecule has 0 amide bonds. The van der Waals surface area contributed by atoms with Crippen molar-refractivity contribution in [3.63, 3.8) is 0 Å². The summed E-state index contributed by atoms with van der Waals surface area (Å²) in [5.41, 5.74) is 0.943. The van der Waals surface area contributed by atoms with E-state index in [1.54, 1.807) is 12.1 Å². The van der Waals surface area contributed by atoms with Crippen molar-refractivity contribution in [3.8, 4) is 11.8 Å². The second kappa shape index (κ2) is 11.6. The third kappa shape index (κ3) is 7.70. The first-order valence-corrected chi connectivity index (χ1v) is 11.2.